The van der Waals surface area contributed by atoms with E-state index in [1.54, 1.807) is 12.2 Å². The highest BCUT2D eigenvalue weighted by Gasteiger charge is 1.79. The van der Waals surface area contributed by atoms with Crippen molar-refractivity contribution >= 4 is 6.29 Å². The lowest BCUT2D eigenvalue weighted by atomic mass is 10.2. The van der Waals surface area contributed by atoms with Gasteiger partial charge < -0.3 is 5.11 Å². The number of hydrogen-bond acceptors (Lipinski definition) is 2. The van der Waals surface area contributed by atoms with E-state index in [1.807, 2.05) is 32.1 Å². The highest BCUT2D eigenvalue weighted by molar-refractivity contribution is 5.65. The van der Waals surface area contributed by atoms with Gasteiger partial charge in [0, 0.05) is 0 Å². The monoisotopic (exact) mass is 192 g/mol. The van der Waals surface area contributed by atoms with Gasteiger partial charge in [-0.3, -0.25) is 4.79 Å². The van der Waals surface area contributed by atoms with Crippen LogP contribution in [0.5, 0.6) is 0 Å². The number of aliphatic hydroxyl groups is 1. The van der Waals surface area contributed by atoms with Crippen LogP contribution in [0.2, 0.25) is 0 Å². The molecule has 0 bridgehead atoms. The van der Waals surface area contributed by atoms with Gasteiger partial charge in [0.1, 0.15) is 6.29 Å². The van der Waals surface area contributed by atoms with Crippen molar-refractivity contribution in [2.75, 3.05) is 6.61 Å². The van der Waals surface area contributed by atoms with Crippen LogP contribution in [0, 0.1) is 0 Å². The molecule has 0 aliphatic carbocycles. The number of hydrogen-bond donors (Lipinski definition) is 1. The molecule has 0 atom stereocenters. The van der Waals surface area contributed by atoms with Crippen molar-refractivity contribution in [3.05, 3.63) is 47.6 Å². The van der Waals surface area contributed by atoms with Crippen molar-refractivity contribution in [3.63, 3.8) is 0 Å². The third-order valence-electron chi connectivity index (χ3n) is 1.57. The second-order valence-electron chi connectivity index (χ2n) is 2.90. The van der Waals surface area contributed by atoms with Crippen LogP contribution in [0.15, 0.2) is 47.6 Å². The fourth-order valence-corrected chi connectivity index (χ4v) is 0.810. The molecule has 0 rings (SSSR count). The molecule has 0 fully saturated rings. The van der Waals surface area contributed by atoms with E-state index in [2.05, 4.69) is 0 Å². The van der Waals surface area contributed by atoms with Gasteiger partial charge in [0.15, 0.2) is 0 Å². The maximum absolute atomic E-state index is 10.0. The molecule has 76 valence electrons. The van der Waals surface area contributed by atoms with Crippen LogP contribution in [0.1, 0.15) is 13.8 Å². The fourth-order valence-electron chi connectivity index (χ4n) is 0.810. The van der Waals surface area contributed by atoms with Crippen LogP contribution < -0.4 is 0 Å². The van der Waals surface area contributed by atoms with Crippen molar-refractivity contribution in [1.82, 2.24) is 0 Å². The first-order valence-corrected chi connectivity index (χ1v) is 4.45. The zero-order chi connectivity index (χ0) is 10.8. The quantitative estimate of drug-likeness (QED) is 0.412. The first kappa shape index (κ1) is 12.6. The molecule has 14 heavy (non-hydrogen) atoms. The summed E-state index contributed by atoms with van der Waals surface area (Å²) in [5.74, 6) is 0. The van der Waals surface area contributed by atoms with E-state index in [0.29, 0.717) is 0 Å². The molecule has 0 saturated heterocycles. The van der Waals surface area contributed by atoms with E-state index in [9.17, 15) is 4.79 Å². The van der Waals surface area contributed by atoms with Gasteiger partial charge >= 0.3 is 0 Å². The average molecular weight is 192 g/mol. The van der Waals surface area contributed by atoms with Crippen LogP contribution in [0.3, 0.4) is 0 Å². The Kier molecular flexibility index (Phi) is 7.37. The number of allylic oxidation sites excluding steroid dienone is 7. The Morgan fingerprint density at radius 1 is 1.14 bits per heavy atom. The number of carbonyl (C=O) groups excluding carboxylic acids is 1. The van der Waals surface area contributed by atoms with Crippen molar-refractivity contribution in [2.24, 2.45) is 0 Å². The van der Waals surface area contributed by atoms with Crippen LogP contribution in [-0.2, 0) is 4.79 Å². The van der Waals surface area contributed by atoms with E-state index >= 15 is 0 Å². The summed E-state index contributed by atoms with van der Waals surface area (Å²) in [6.07, 6.45) is 11.3. The molecule has 0 saturated carbocycles. The van der Waals surface area contributed by atoms with E-state index < -0.39 is 0 Å². The molecule has 0 radical (unpaired) electrons. The summed E-state index contributed by atoms with van der Waals surface area (Å²) in [5, 5.41) is 8.59. The normalized spacial score (nSPS) is 14.2. The summed E-state index contributed by atoms with van der Waals surface area (Å²) in [7, 11) is 0. The van der Waals surface area contributed by atoms with Gasteiger partial charge in [0.25, 0.3) is 0 Å². The van der Waals surface area contributed by atoms with E-state index in [-0.39, 0.29) is 6.61 Å². The Morgan fingerprint density at radius 3 is 2.36 bits per heavy atom. The SMILES string of the molecule is CC(C=CC=O)=CC=CC(C)=CCO. The molecule has 2 heteroatoms. The van der Waals surface area contributed by atoms with Gasteiger partial charge in [-0.1, -0.05) is 41.5 Å². The molecule has 0 aromatic carbocycles. The standard InChI is InChI=1S/C12H16O2/c1-11(7-4-9-13)5-3-6-12(2)8-10-14/h3-9,14H,10H2,1-2H3. The molecule has 0 aromatic heterocycles. The largest absolute Gasteiger partial charge is 0.392 e. The summed E-state index contributed by atoms with van der Waals surface area (Å²) >= 11 is 0. The number of aliphatic hydroxyl groups excluding tert-OH is 1. The topological polar surface area (TPSA) is 37.3 Å². The highest BCUT2D eigenvalue weighted by Crippen LogP contribution is 1.98. The minimum absolute atomic E-state index is 0.0594. The van der Waals surface area contributed by atoms with Crippen molar-refractivity contribution in [3.8, 4) is 0 Å². The summed E-state index contributed by atoms with van der Waals surface area (Å²) in [5.41, 5.74) is 2.01. The molecule has 1 N–H and O–H groups in total. The summed E-state index contributed by atoms with van der Waals surface area (Å²) in [6, 6.07) is 0. The lowest BCUT2D eigenvalue weighted by Gasteiger charge is -1.89. The second kappa shape index (κ2) is 8.20. The van der Waals surface area contributed by atoms with Crippen LogP contribution in [0.4, 0.5) is 0 Å². The van der Waals surface area contributed by atoms with Crippen LogP contribution in [0.25, 0.3) is 0 Å². The van der Waals surface area contributed by atoms with Crippen LogP contribution in [-0.4, -0.2) is 18.0 Å². The highest BCUT2D eigenvalue weighted by atomic mass is 16.2. The van der Waals surface area contributed by atoms with Crippen molar-refractivity contribution in [1.29, 1.82) is 0 Å². The Morgan fingerprint density at radius 2 is 1.79 bits per heavy atom. The molecule has 0 aromatic rings. The minimum atomic E-state index is 0.0594. The molecule has 0 spiro atoms. The Hall–Kier alpha value is -1.41. The molecule has 0 unspecified atom stereocenters. The molecular weight excluding hydrogens is 176 g/mol. The van der Waals surface area contributed by atoms with E-state index in [0.717, 1.165) is 17.4 Å². The lowest BCUT2D eigenvalue weighted by Crippen LogP contribution is -1.75. The smallest absolute Gasteiger partial charge is 0.142 e. The molecule has 0 heterocycles. The lowest BCUT2D eigenvalue weighted by molar-refractivity contribution is -0.104. The van der Waals surface area contributed by atoms with Gasteiger partial charge in [-0.2, -0.15) is 0 Å². The van der Waals surface area contributed by atoms with Crippen LogP contribution >= 0.6 is 0 Å². The second-order valence-corrected chi connectivity index (χ2v) is 2.90. The van der Waals surface area contributed by atoms with E-state index in [4.69, 9.17) is 5.11 Å². The van der Waals surface area contributed by atoms with Crippen molar-refractivity contribution in [2.45, 2.75) is 13.8 Å². The maximum atomic E-state index is 10.0. The van der Waals surface area contributed by atoms with Crippen molar-refractivity contribution < 1.29 is 9.90 Å². The van der Waals surface area contributed by atoms with Gasteiger partial charge in [-0.25, -0.2) is 0 Å². The van der Waals surface area contributed by atoms with Gasteiger partial charge in [0.2, 0.25) is 0 Å². The first-order valence-electron chi connectivity index (χ1n) is 4.45. The third-order valence-corrected chi connectivity index (χ3v) is 1.57. The molecule has 2 nitrogen and oxygen atoms in total. The maximum Gasteiger partial charge on any atom is 0.142 e. The summed E-state index contributed by atoms with van der Waals surface area (Å²) in [6.45, 7) is 3.89. The van der Waals surface area contributed by atoms with Gasteiger partial charge in [0.05, 0.1) is 6.61 Å². The molecular formula is C12H16O2. The average Bonchev–Trinajstić information content (AvgIpc) is 2.15. The fraction of sp³-hybridized carbons (Fsp3) is 0.250. The predicted molar refractivity (Wildman–Crippen MR) is 58.9 cm³/mol. The Labute approximate surface area is 85.0 Å². The molecule has 0 aliphatic rings. The predicted octanol–water partition coefficient (Wildman–Crippen LogP) is 2.18. The molecule has 0 amide bonds. The number of carbonyl (C=O) groups is 1. The summed E-state index contributed by atoms with van der Waals surface area (Å²) < 4.78 is 0. The van der Waals surface area contributed by atoms with Gasteiger partial charge in [-0.15, -0.1) is 0 Å². The minimum Gasteiger partial charge on any atom is -0.392 e. The third kappa shape index (κ3) is 7.25. The first-order chi connectivity index (χ1) is 6.70. The summed E-state index contributed by atoms with van der Waals surface area (Å²) in [4.78, 5) is 10.0. The molecule has 0 aliphatic heterocycles. The zero-order valence-corrected chi connectivity index (χ0v) is 8.60. The zero-order valence-electron chi connectivity index (χ0n) is 8.60. The van der Waals surface area contributed by atoms with Gasteiger partial charge in [-0.05, 0) is 19.9 Å². The Balaban J connectivity index is 4.20. The Bertz CT molecular complexity index is 281. The number of rotatable bonds is 5. The number of aldehydes is 1. The van der Waals surface area contributed by atoms with E-state index in [1.165, 1.54) is 6.08 Å².